The Morgan fingerprint density at radius 2 is 1.71 bits per heavy atom. The molecular weight excluding hydrogens is 304 g/mol. The third-order valence-corrected chi connectivity index (χ3v) is 4.54. The van der Waals surface area contributed by atoms with E-state index in [1.165, 1.54) is 17.0 Å². The summed E-state index contributed by atoms with van der Waals surface area (Å²) in [6.45, 7) is 2.11. The zero-order chi connectivity index (χ0) is 15.3. The number of benzene rings is 2. The maximum absolute atomic E-state index is 11.2. The first-order valence-corrected chi connectivity index (χ1v) is 8.92. The average Bonchev–Trinajstić information content (AvgIpc) is 2.46. The molecule has 4 nitrogen and oxygen atoms in total. The maximum Gasteiger partial charge on any atom is 0.238 e. The number of thioether (sulfide) groups is 1. The van der Waals surface area contributed by atoms with Crippen molar-refractivity contribution in [2.75, 3.05) is 5.75 Å². The van der Waals surface area contributed by atoms with Crippen LogP contribution < -0.4 is 5.14 Å². The predicted octanol–water partition coefficient (Wildman–Crippen LogP) is 3.20. The second-order valence-corrected chi connectivity index (χ2v) is 7.20. The number of nitrogens with two attached hydrogens (primary N) is 1. The molecule has 0 atom stereocenters. The number of hydrogen-bond acceptors (Lipinski definition) is 4. The van der Waals surface area contributed by atoms with Crippen LogP contribution in [0.25, 0.3) is 0 Å². The van der Waals surface area contributed by atoms with Gasteiger partial charge in [0.05, 0.1) is 10.6 Å². The number of sulfonamides is 1. The van der Waals surface area contributed by atoms with Crippen LogP contribution in [0.5, 0.6) is 0 Å². The quantitative estimate of drug-likeness (QED) is 0.679. The molecule has 2 N–H and O–H groups in total. The molecule has 6 heteroatoms. The van der Waals surface area contributed by atoms with E-state index in [1.807, 2.05) is 24.3 Å². The lowest BCUT2D eigenvalue weighted by molar-refractivity contribution is 0.598. The third-order valence-electron chi connectivity index (χ3n) is 2.72. The average molecular weight is 320 g/mol. The second kappa shape index (κ2) is 6.89. The molecule has 110 valence electrons. The molecule has 0 aliphatic carbocycles. The largest absolute Gasteiger partial charge is 0.256 e. The highest BCUT2D eigenvalue weighted by Gasteiger charge is 2.05. The summed E-state index contributed by atoms with van der Waals surface area (Å²) >= 11 is 1.78. The Kier molecular flexibility index (Phi) is 5.17. The van der Waals surface area contributed by atoms with E-state index in [9.17, 15) is 8.42 Å². The lowest BCUT2D eigenvalue weighted by Gasteiger charge is -2.00. The standard InChI is InChI=1S/C15H16N2O2S2/c1-2-20-14-7-5-13(6-8-14)17-11-12-3-9-15(10-4-12)21(16,18)19/h3-11H,2H2,1H3,(H2,16,18,19)/b17-11+. The fourth-order valence-corrected chi connectivity index (χ4v) is 2.87. The first-order chi connectivity index (χ1) is 9.99. The van der Waals surface area contributed by atoms with Crippen LogP contribution in [0.4, 0.5) is 5.69 Å². The minimum absolute atomic E-state index is 0.0978. The van der Waals surface area contributed by atoms with Crippen molar-refractivity contribution in [3.8, 4) is 0 Å². The monoisotopic (exact) mass is 320 g/mol. The van der Waals surface area contributed by atoms with Gasteiger partial charge in [0.15, 0.2) is 0 Å². The van der Waals surface area contributed by atoms with E-state index in [0.717, 1.165) is 17.0 Å². The molecule has 0 spiro atoms. The number of aliphatic imine (C=N–C) groups is 1. The van der Waals surface area contributed by atoms with Crippen LogP contribution in [0, 0.1) is 0 Å². The molecular formula is C15H16N2O2S2. The molecule has 0 fully saturated rings. The first-order valence-electron chi connectivity index (χ1n) is 6.39. The third kappa shape index (κ3) is 4.70. The highest BCUT2D eigenvalue weighted by atomic mass is 32.2. The van der Waals surface area contributed by atoms with Gasteiger partial charge >= 0.3 is 0 Å². The van der Waals surface area contributed by atoms with Crippen molar-refractivity contribution in [1.29, 1.82) is 0 Å². The molecule has 0 saturated heterocycles. The Labute approximate surface area is 129 Å². The van der Waals surface area contributed by atoms with Crippen molar-refractivity contribution >= 4 is 33.7 Å². The predicted molar refractivity (Wildman–Crippen MR) is 87.9 cm³/mol. The normalized spacial score (nSPS) is 11.9. The van der Waals surface area contributed by atoms with E-state index < -0.39 is 10.0 Å². The lowest BCUT2D eigenvalue weighted by atomic mass is 10.2. The fourth-order valence-electron chi connectivity index (χ4n) is 1.69. The maximum atomic E-state index is 11.2. The number of hydrogen-bond donors (Lipinski definition) is 1. The first kappa shape index (κ1) is 15.8. The second-order valence-electron chi connectivity index (χ2n) is 4.30. The molecule has 0 aromatic heterocycles. The summed E-state index contributed by atoms with van der Waals surface area (Å²) in [7, 11) is -3.64. The van der Waals surface area contributed by atoms with Crippen molar-refractivity contribution in [1.82, 2.24) is 0 Å². The summed E-state index contributed by atoms with van der Waals surface area (Å²) in [6.07, 6.45) is 1.69. The van der Waals surface area contributed by atoms with E-state index >= 15 is 0 Å². The van der Waals surface area contributed by atoms with Gasteiger partial charge in [-0.2, -0.15) is 0 Å². The van der Waals surface area contributed by atoms with Gasteiger partial charge in [-0.3, -0.25) is 4.99 Å². The van der Waals surface area contributed by atoms with Crippen molar-refractivity contribution in [2.24, 2.45) is 10.1 Å². The molecule has 21 heavy (non-hydrogen) atoms. The van der Waals surface area contributed by atoms with Crippen LogP contribution in [0.1, 0.15) is 12.5 Å². The zero-order valence-electron chi connectivity index (χ0n) is 11.6. The SMILES string of the molecule is CCSc1ccc(/N=C/c2ccc(S(N)(=O)=O)cc2)cc1. The Hall–Kier alpha value is -1.63. The van der Waals surface area contributed by atoms with E-state index in [4.69, 9.17) is 5.14 Å². The number of primary sulfonamides is 1. The van der Waals surface area contributed by atoms with E-state index in [1.54, 1.807) is 30.1 Å². The molecule has 0 saturated carbocycles. The van der Waals surface area contributed by atoms with Crippen molar-refractivity contribution in [3.63, 3.8) is 0 Å². The summed E-state index contributed by atoms with van der Waals surface area (Å²) in [5, 5.41) is 5.05. The number of rotatable bonds is 5. The van der Waals surface area contributed by atoms with Crippen molar-refractivity contribution < 1.29 is 8.42 Å². The van der Waals surface area contributed by atoms with Crippen LogP contribution in [0.2, 0.25) is 0 Å². The summed E-state index contributed by atoms with van der Waals surface area (Å²) < 4.78 is 22.3. The summed E-state index contributed by atoms with van der Waals surface area (Å²) in [5.41, 5.74) is 1.67. The Balaban J connectivity index is 2.10. The topological polar surface area (TPSA) is 72.5 Å². The molecule has 0 radical (unpaired) electrons. The molecule has 0 aliphatic heterocycles. The molecule has 0 amide bonds. The van der Waals surface area contributed by atoms with Gasteiger partial charge in [-0.15, -0.1) is 11.8 Å². The Morgan fingerprint density at radius 3 is 2.24 bits per heavy atom. The molecule has 2 aromatic carbocycles. The van der Waals surface area contributed by atoms with Crippen LogP contribution in [0.15, 0.2) is 63.3 Å². The van der Waals surface area contributed by atoms with Crippen molar-refractivity contribution in [3.05, 3.63) is 54.1 Å². The summed E-state index contributed by atoms with van der Waals surface area (Å²) in [6, 6.07) is 14.3. The molecule has 2 rings (SSSR count). The van der Waals surface area contributed by atoms with Gasteiger partial charge in [0.1, 0.15) is 0 Å². The van der Waals surface area contributed by atoms with Gasteiger partial charge in [0.25, 0.3) is 0 Å². The van der Waals surface area contributed by atoms with Gasteiger partial charge in [-0.05, 0) is 47.7 Å². The summed E-state index contributed by atoms with van der Waals surface area (Å²) in [5.74, 6) is 1.04. The van der Waals surface area contributed by atoms with Crippen LogP contribution in [-0.4, -0.2) is 20.4 Å². The number of nitrogens with zero attached hydrogens (tertiary/aromatic N) is 1. The van der Waals surface area contributed by atoms with Crippen LogP contribution >= 0.6 is 11.8 Å². The lowest BCUT2D eigenvalue weighted by Crippen LogP contribution is -2.11. The molecule has 0 aliphatic rings. The van der Waals surface area contributed by atoms with Gasteiger partial charge in [-0.25, -0.2) is 13.6 Å². The van der Waals surface area contributed by atoms with Gasteiger partial charge < -0.3 is 0 Å². The Morgan fingerprint density at radius 1 is 1.10 bits per heavy atom. The van der Waals surface area contributed by atoms with Crippen molar-refractivity contribution in [2.45, 2.75) is 16.7 Å². The molecule has 0 heterocycles. The van der Waals surface area contributed by atoms with Crippen LogP contribution in [-0.2, 0) is 10.0 Å². The highest BCUT2D eigenvalue weighted by Crippen LogP contribution is 2.21. The zero-order valence-corrected chi connectivity index (χ0v) is 13.2. The minimum Gasteiger partial charge on any atom is -0.256 e. The van der Waals surface area contributed by atoms with Crippen LogP contribution in [0.3, 0.4) is 0 Å². The minimum atomic E-state index is -3.64. The molecule has 0 bridgehead atoms. The van der Waals surface area contributed by atoms with Gasteiger partial charge in [0.2, 0.25) is 10.0 Å². The summed E-state index contributed by atoms with van der Waals surface area (Å²) in [4.78, 5) is 5.67. The highest BCUT2D eigenvalue weighted by molar-refractivity contribution is 7.99. The molecule has 0 unspecified atom stereocenters. The smallest absolute Gasteiger partial charge is 0.238 e. The Bertz CT molecular complexity index is 721. The molecule has 2 aromatic rings. The fraction of sp³-hybridized carbons (Fsp3) is 0.133. The van der Waals surface area contributed by atoms with Gasteiger partial charge in [-0.1, -0.05) is 19.1 Å². The van der Waals surface area contributed by atoms with E-state index in [2.05, 4.69) is 11.9 Å². The van der Waals surface area contributed by atoms with E-state index in [0.29, 0.717) is 0 Å². The van der Waals surface area contributed by atoms with E-state index in [-0.39, 0.29) is 4.90 Å². The van der Waals surface area contributed by atoms with Gasteiger partial charge in [0, 0.05) is 11.1 Å².